The second-order valence-electron chi connectivity index (χ2n) is 20.7. The van der Waals surface area contributed by atoms with Gasteiger partial charge in [0.25, 0.3) is 10.1 Å². The zero-order valence-corrected chi connectivity index (χ0v) is 41.5. The fourth-order valence-corrected chi connectivity index (χ4v) is 14.0. The van der Waals surface area contributed by atoms with E-state index >= 15 is 0 Å². The van der Waals surface area contributed by atoms with Gasteiger partial charge in [-0.05, 0) is 199 Å². The van der Waals surface area contributed by atoms with Crippen molar-refractivity contribution in [3.63, 3.8) is 0 Å². The Kier molecular flexibility index (Phi) is 15.8. The van der Waals surface area contributed by atoms with Gasteiger partial charge < -0.3 is 24.8 Å². The van der Waals surface area contributed by atoms with Crippen LogP contribution in [0.25, 0.3) is 21.7 Å². The van der Waals surface area contributed by atoms with Gasteiger partial charge in [0.2, 0.25) is 0 Å². The van der Waals surface area contributed by atoms with Gasteiger partial charge in [0, 0.05) is 47.0 Å². The Hall–Kier alpha value is -5.98. The number of Topliss-reactive ketones (excluding diaryl/α,β-unsaturated/α-hetero) is 1. The number of carboxylic acids is 1. The first-order chi connectivity index (χ1) is 33.6. The van der Waals surface area contributed by atoms with Crippen LogP contribution in [0.2, 0.25) is 0 Å². The third kappa shape index (κ3) is 12.1. The summed E-state index contributed by atoms with van der Waals surface area (Å²) < 4.78 is 37.8. The van der Waals surface area contributed by atoms with Crippen molar-refractivity contribution in [2.45, 2.75) is 103 Å². The summed E-state index contributed by atoms with van der Waals surface area (Å²) in [6, 6.07) is 35.7. The summed E-state index contributed by atoms with van der Waals surface area (Å²) >= 11 is 0. The third-order valence-corrected chi connectivity index (χ3v) is 16.6. The number of anilines is 3. The molecule has 1 heterocycles. The van der Waals surface area contributed by atoms with E-state index in [1.54, 1.807) is 93.1 Å². The summed E-state index contributed by atoms with van der Waals surface area (Å²) in [7, 11) is -4.28. The van der Waals surface area contributed by atoms with E-state index in [4.69, 9.17) is 9.52 Å². The summed E-state index contributed by atoms with van der Waals surface area (Å²) in [6.07, 6.45) is 16.5. The molecular formula is C58H68N2O9S. The number of phenolic OH excluding ortho intramolecular Hbond substituents is 1. The molecule has 0 spiro atoms. The van der Waals surface area contributed by atoms with Crippen molar-refractivity contribution in [3.05, 3.63) is 137 Å². The molecule has 0 aliphatic heterocycles. The number of benzene rings is 5. The van der Waals surface area contributed by atoms with Crippen molar-refractivity contribution in [1.82, 2.24) is 0 Å². The quantitative estimate of drug-likeness (QED) is 0.0649. The van der Waals surface area contributed by atoms with Gasteiger partial charge in [-0.2, -0.15) is 8.42 Å². The van der Waals surface area contributed by atoms with E-state index in [1.165, 1.54) is 55.9 Å². The molecule has 5 aromatic carbocycles. The molecule has 0 unspecified atom stereocenters. The predicted molar refractivity (Wildman–Crippen MR) is 278 cm³/mol. The van der Waals surface area contributed by atoms with Gasteiger partial charge in [-0.3, -0.25) is 14.1 Å². The molecule has 0 radical (unpaired) electrons. The molecule has 14 rings (SSSR count). The molecule has 0 saturated heterocycles. The molecule has 370 valence electrons. The summed E-state index contributed by atoms with van der Waals surface area (Å²) in [4.78, 5) is 36.3. The molecule has 12 heteroatoms. The number of carbonyl (C=O) groups is 2. The standard InChI is InChI=1S/C16H13NO3S.C15H17NO3.C11H16O2.C10H16.C6H6O/c18-21(19,20)15-11-5-7-12-6-4-10-14(16(12)15)17-13-8-2-1-3-9-13;1-4-16(5-2)12-7-6-11-8-13(10(3)17)15(18)19-14(11)9-12;12-10(13)11-4-7-1-8(5-11)3-9(2-7)6-11;1-7-2-9-4-8(1)5-10(3-7)6-9;7-6-4-2-1-3-5-6/h1-11,17H,(H,18,19,20);6-9H,4-5H2,1-3H3;7-9H,1-6H2,(H,12,13);7-10H,1-6H2;1-5,7H. The van der Waals surface area contributed by atoms with Gasteiger partial charge in [0.05, 0.1) is 5.41 Å². The van der Waals surface area contributed by atoms with Crippen LogP contribution in [0, 0.1) is 46.8 Å². The Morgan fingerprint density at radius 1 is 0.657 bits per heavy atom. The number of rotatable bonds is 8. The minimum atomic E-state index is -4.28. The molecule has 8 aliphatic carbocycles. The molecule has 8 aliphatic rings. The first-order valence-electron chi connectivity index (χ1n) is 25.2. The molecule has 11 nitrogen and oxygen atoms in total. The van der Waals surface area contributed by atoms with Crippen molar-refractivity contribution in [3.8, 4) is 5.75 Å². The first-order valence-corrected chi connectivity index (χ1v) is 26.7. The predicted octanol–water partition coefficient (Wildman–Crippen LogP) is 13.2. The lowest BCUT2D eigenvalue weighted by Gasteiger charge is -2.54. The molecule has 4 N–H and O–H groups in total. The Balaban J connectivity index is 0.000000123. The van der Waals surface area contributed by atoms with Crippen molar-refractivity contribution >= 4 is 60.7 Å². The van der Waals surface area contributed by atoms with Gasteiger partial charge in [-0.1, -0.05) is 60.7 Å². The van der Waals surface area contributed by atoms with Crippen LogP contribution in [0.3, 0.4) is 0 Å². The van der Waals surface area contributed by atoms with Gasteiger partial charge in [-0.25, -0.2) is 4.79 Å². The first kappa shape index (κ1) is 50.4. The molecule has 0 atom stereocenters. The number of phenols is 1. The van der Waals surface area contributed by atoms with E-state index in [9.17, 15) is 32.5 Å². The highest BCUT2D eigenvalue weighted by atomic mass is 32.2. The molecule has 1 aromatic heterocycles. The van der Waals surface area contributed by atoms with E-state index in [-0.39, 0.29) is 21.7 Å². The highest BCUT2D eigenvalue weighted by molar-refractivity contribution is 7.86. The van der Waals surface area contributed by atoms with E-state index in [0.29, 0.717) is 22.4 Å². The number of carbonyl (C=O) groups excluding carboxylic acids is 1. The Bertz CT molecular complexity index is 2830. The largest absolute Gasteiger partial charge is 0.508 e. The normalized spacial score (nSPS) is 25.2. The Labute approximate surface area is 412 Å². The van der Waals surface area contributed by atoms with E-state index in [2.05, 4.69) is 24.1 Å². The van der Waals surface area contributed by atoms with Gasteiger partial charge in [0.15, 0.2) is 5.78 Å². The topological polar surface area (TPSA) is 174 Å². The van der Waals surface area contributed by atoms with Gasteiger partial charge in [0.1, 0.15) is 21.8 Å². The number of nitrogens with zero attached hydrogens (tertiary/aromatic N) is 1. The molecular weight excluding hydrogens is 901 g/mol. The fourth-order valence-electron chi connectivity index (χ4n) is 13.2. The van der Waals surface area contributed by atoms with Crippen molar-refractivity contribution < 1.29 is 37.2 Å². The van der Waals surface area contributed by atoms with E-state index in [1.807, 2.05) is 60.7 Å². The van der Waals surface area contributed by atoms with Crippen LogP contribution in [0.4, 0.5) is 17.1 Å². The maximum absolute atomic E-state index is 11.7. The lowest BCUT2D eigenvalue weighted by Crippen LogP contribution is -2.49. The number of aromatic hydroxyl groups is 1. The molecule has 8 fully saturated rings. The highest BCUT2D eigenvalue weighted by Gasteiger charge is 2.54. The average molecular weight is 969 g/mol. The minimum Gasteiger partial charge on any atom is -0.508 e. The molecule has 8 bridgehead atoms. The SMILES string of the molecule is C1C2CC3CC1CC(C2)C3.CCN(CC)c1ccc2cc(C(C)=O)c(=O)oc2c1.O=C(O)C12CC3CC(CC(C3)C1)C2.O=S(=O)(O)c1cccc2cccc(Nc3ccccc3)c12.Oc1ccccc1. The highest BCUT2D eigenvalue weighted by Crippen LogP contribution is 2.60. The number of carboxylic acid groups (broad SMARTS) is 1. The lowest BCUT2D eigenvalue weighted by atomic mass is 9.49. The van der Waals surface area contributed by atoms with Crippen LogP contribution in [0.5, 0.6) is 5.75 Å². The van der Waals surface area contributed by atoms with E-state index in [0.717, 1.165) is 72.3 Å². The van der Waals surface area contributed by atoms with Gasteiger partial charge in [-0.15, -0.1) is 0 Å². The number of aliphatic carboxylic acids is 1. The monoisotopic (exact) mass is 968 g/mol. The second-order valence-corrected chi connectivity index (χ2v) is 22.1. The van der Waals surface area contributed by atoms with Crippen molar-refractivity contribution in [2.75, 3.05) is 23.3 Å². The van der Waals surface area contributed by atoms with Gasteiger partial charge >= 0.3 is 11.6 Å². The van der Waals surface area contributed by atoms with Crippen LogP contribution >= 0.6 is 0 Å². The maximum atomic E-state index is 11.7. The number of hydrogen-bond acceptors (Lipinski definition) is 9. The second kappa shape index (κ2) is 22.0. The zero-order chi connectivity index (χ0) is 49.6. The number of nitrogens with one attached hydrogen (secondary N) is 1. The number of ketones is 1. The van der Waals surface area contributed by atoms with Crippen LogP contribution in [0.15, 0.2) is 135 Å². The summed E-state index contributed by atoms with van der Waals surface area (Å²) in [5.41, 5.74) is 2.24. The summed E-state index contributed by atoms with van der Waals surface area (Å²) in [5.74, 6) is 6.50. The van der Waals surface area contributed by atoms with Crippen molar-refractivity contribution in [2.24, 2.45) is 46.8 Å². The summed E-state index contributed by atoms with van der Waals surface area (Å²) in [5, 5.41) is 23.1. The molecule has 8 saturated carbocycles. The number of para-hydroxylation sites is 2. The number of fused-ring (bicyclic) bond motifs is 2. The smallest absolute Gasteiger partial charge is 0.347 e. The lowest BCUT2D eigenvalue weighted by molar-refractivity contribution is -0.164. The van der Waals surface area contributed by atoms with Crippen LogP contribution in [0.1, 0.15) is 108 Å². The number of hydrogen-bond donors (Lipinski definition) is 4. The Morgan fingerprint density at radius 2 is 1.16 bits per heavy atom. The van der Waals surface area contributed by atoms with Crippen LogP contribution in [-0.2, 0) is 14.9 Å². The van der Waals surface area contributed by atoms with Crippen LogP contribution < -0.4 is 15.8 Å². The third-order valence-electron chi connectivity index (χ3n) is 15.7. The molecule has 70 heavy (non-hydrogen) atoms. The fraction of sp³-hybridized carbons (Fsp3) is 0.431. The van der Waals surface area contributed by atoms with Crippen LogP contribution in [-0.4, -0.2) is 48.0 Å². The zero-order valence-electron chi connectivity index (χ0n) is 40.6. The molecule has 0 amide bonds. The Morgan fingerprint density at radius 3 is 1.61 bits per heavy atom. The minimum absolute atomic E-state index is 0.0981. The van der Waals surface area contributed by atoms with E-state index < -0.39 is 21.7 Å². The van der Waals surface area contributed by atoms with Crippen molar-refractivity contribution in [1.29, 1.82) is 0 Å². The average Bonchev–Trinajstić information content (AvgIpc) is 3.32. The molecule has 6 aromatic rings. The summed E-state index contributed by atoms with van der Waals surface area (Å²) in [6.45, 7) is 7.28. The maximum Gasteiger partial charge on any atom is 0.347 e.